The van der Waals surface area contributed by atoms with Gasteiger partial charge in [-0.15, -0.1) is 0 Å². The molecule has 0 fully saturated rings. The number of hydrogen-bond donors (Lipinski definition) is 1. The van der Waals surface area contributed by atoms with Gasteiger partial charge in [-0.3, -0.25) is 4.79 Å². The van der Waals surface area contributed by atoms with Crippen molar-refractivity contribution in [1.29, 1.82) is 0 Å². The minimum Gasteiger partial charge on any atom is -0.494 e. The minimum absolute atomic E-state index is 0.221. The van der Waals surface area contributed by atoms with Gasteiger partial charge in [0.05, 0.1) is 18.8 Å². The van der Waals surface area contributed by atoms with E-state index in [9.17, 15) is 9.59 Å². The molecule has 1 amide bonds. The number of esters is 1. The van der Waals surface area contributed by atoms with Gasteiger partial charge in [0, 0.05) is 11.3 Å². The number of carbonyl (C=O) groups is 2. The summed E-state index contributed by atoms with van der Waals surface area (Å²) in [6.45, 7) is 4.77. The largest absolute Gasteiger partial charge is 0.494 e. The average Bonchev–Trinajstić information content (AvgIpc) is 2.61. The molecular weight excluding hydrogens is 306 g/mol. The number of benzene rings is 2. The molecule has 0 saturated heterocycles. The number of ether oxygens (including phenoxy) is 2. The lowest BCUT2D eigenvalue weighted by Gasteiger charge is -2.08. The summed E-state index contributed by atoms with van der Waals surface area (Å²) >= 11 is 0. The SMILES string of the molecule is CCCOc1ccc(C(=O)Nc2ccc(C(=O)OCC)cc2)cc1. The van der Waals surface area contributed by atoms with Gasteiger partial charge in [-0.05, 0) is 61.9 Å². The number of carbonyl (C=O) groups excluding carboxylic acids is 2. The van der Waals surface area contributed by atoms with Crippen LogP contribution in [0.3, 0.4) is 0 Å². The van der Waals surface area contributed by atoms with Crippen molar-refractivity contribution in [3.05, 3.63) is 59.7 Å². The molecule has 0 aliphatic rings. The highest BCUT2D eigenvalue weighted by Gasteiger charge is 2.09. The fourth-order valence-corrected chi connectivity index (χ4v) is 2.03. The predicted octanol–water partition coefficient (Wildman–Crippen LogP) is 3.90. The molecule has 2 rings (SSSR count). The van der Waals surface area contributed by atoms with E-state index in [4.69, 9.17) is 9.47 Å². The maximum absolute atomic E-state index is 12.2. The van der Waals surface area contributed by atoms with Gasteiger partial charge in [0.25, 0.3) is 5.91 Å². The van der Waals surface area contributed by atoms with Crippen LogP contribution < -0.4 is 10.1 Å². The zero-order valence-corrected chi connectivity index (χ0v) is 13.9. The third-order valence-corrected chi connectivity index (χ3v) is 3.24. The first kappa shape index (κ1) is 17.5. The van der Waals surface area contributed by atoms with Gasteiger partial charge in [0.2, 0.25) is 0 Å². The first-order valence-corrected chi connectivity index (χ1v) is 7.95. The van der Waals surface area contributed by atoms with E-state index in [-0.39, 0.29) is 11.9 Å². The lowest BCUT2D eigenvalue weighted by molar-refractivity contribution is 0.0526. The van der Waals surface area contributed by atoms with Crippen LogP contribution in [0.1, 0.15) is 41.0 Å². The van der Waals surface area contributed by atoms with Crippen LogP contribution in [0.5, 0.6) is 5.75 Å². The summed E-state index contributed by atoms with van der Waals surface area (Å²) < 4.78 is 10.4. The van der Waals surface area contributed by atoms with E-state index in [2.05, 4.69) is 5.32 Å². The van der Waals surface area contributed by atoms with E-state index in [0.717, 1.165) is 12.2 Å². The molecule has 0 spiro atoms. The summed E-state index contributed by atoms with van der Waals surface area (Å²) in [5, 5.41) is 2.79. The fraction of sp³-hybridized carbons (Fsp3) is 0.263. The van der Waals surface area contributed by atoms with Crippen molar-refractivity contribution in [2.24, 2.45) is 0 Å². The van der Waals surface area contributed by atoms with Crippen molar-refractivity contribution in [3.63, 3.8) is 0 Å². The second-order valence-corrected chi connectivity index (χ2v) is 5.12. The molecule has 0 unspecified atom stereocenters. The Kier molecular flexibility index (Phi) is 6.37. The standard InChI is InChI=1S/C19H21NO4/c1-3-13-24-17-11-7-14(8-12-17)18(21)20-16-9-5-15(6-10-16)19(22)23-4-2/h5-12H,3-4,13H2,1-2H3,(H,20,21). The highest BCUT2D eigenvalue weighted by Crippen LogP contribution is 2.15. The Labute approximate surface area is 141 Å². The Morgan fingerprint density at radius 2 is 1.54 bits per heavy atom. The molecule has 0 atom stereocenters. The molecule has 126 valence electrons. The number of anilines is 1. The highest BCUT2D eigenvalue weighted by molar-refractivity contribution is 6.04. The fourth-order valence-electron chi connectivity index (χ4n) is 2.03. The van der Waals surface area contributed by atoms with Gasteiger partial charge in [0.1, 0.15) is 5.75 Å². The van der Waals surface area contributed by atoms with Crippen LogP contribution in [-0.4, -0.2) is 25.1 Å². The van der Waals surface area contributed by atoms with Crippen LogP contribution in [0, 0.1) is 0 Å². The van der Waals surface area contributed by atoms with Crippen LogP contribution >= 0.6 is 0 Å². The Bertz CT molecular complexity index is 678. The average molecular weight is 327 g/mol. The molecular formula is C19H21NO4. The number of hydrogen-bond acceptors (Lipinski definition) is 4. The maximum Gasteiger partial charge on any atom is 0.338 e. The van der Waals surface area contributed by atoms with E-state index in [0.29, 0.717) is 30.0 Å². The number of amides is 1. The molecule has 2 aromatic carbocycles. The van der Waals surface area contributed by atoms with Crippen molar-refractivity contribution in [2.75, 3.05) is 18.5 Å². The molecule has 0 aliphatic heterocycles. The minimum atomic E-state index is -0.377. The van der Waals surface area contributed by atoms with Gasteiger partial charge >= 0.3 is 5.97 Å². The first-order chi connectivity index (χ1) is 11.6. The zero-order chi connectivity index (χ0) is 17.4. The Balaban J connectivity index is 1.97. The van der Waals surface area contributed by atoms with Crippen molar-refractivity contribution < 1.29 is 19.1 Å². The van der Waals surface area contributed by atoms with Gasteiger partial charge in [0.15, 0.2) is 0 Å². The summed E-state index contributed by atoms with van der Waals surface area (Å²) in [5.41, 5.74) is 1.60. The summed E-state index contributed by atoms with van der Waals surface area (Å²) in [4.78, 5) is 23.8. The lowest BCUT2D eigenvalue weighted by Crippen LogP contribution is -2.12. The Hall–Kier alpha value is -2.82. The summed E-state index contributed by atoms with van der Waals surface area (Å²) in [5.74, 6) is 0.145. The van der Waals surface area contributed by atoms with E-state index in [1.165, 1.54) is 0 Å². The van der Waals surface area contributed by atoms with Crippen LogP contribution in [0.15, 0.2) is 48.5 Å². The molecule has 0 radical (unpaired) electrons. The quantitative estimate of drug-likeness (QED) is 0.783. The number of nitrogens with one attached hydrogen (secondary N) is 1. The van der Waals surface area contributed by atoms with Crippen molar-refractivity contribution in [2.45, 2.75) is 20.3 Å². The highest BCUT2D eigenvalue weighted by atomic mass is 16.5. The van der Waals surface area contributed by atoms with Crippen molar-refractivity contribution in [1.82, 2.24) is 0 Å². The van der Waals surface area contributed by atoms with E-state index in [1.54, 1.807) is 55.5 Å². The third-order valence-electron chi connectivity index (χ3n) is 3.24. The van der Waals surface area contributed by atoms with Gasteiger partial charge in [-0.1, -0.05) is 6.92 Å². The first-order valence-electron chi connectivity index (χ1n) is 7.95. The van der Waals surface area contributed by atoms with Gasteiger partial charge < -0.3 is 14.8 Å². The molecule has 24 heavy (non-hydrogen) atoms. The Morgan fingerprint density at radius 1 is 0.917 bits per heavy atom. The van der Waals surface area contributed by atoms with Crippen LogP contribution in [0.4, 0.5) is 5.69 Å². The monoisotopic (exact) mass is 327 g/mol. The maximum atomic E-state index is 12.2. The van der Waals surface area contributed by atoms with Gasteiger partial charge in [-0.2, -0.15) is 0 Å². The summed E-state index contributed by atoms with van der Waals surface area (Å²) in [7, 11) is 0. The number of rotatable bonds is 7. The van der Waals surface area contributed by atoms with Crippen LogP contribution in [-0.2, 0) is 4.74 Å². The second-order valence-electron chi connectivity index (χ2n) is 5.12. The summed E-state index contributed by atoms with van der Waals surface area (Å²) in [6, 6.07) is 13.6. The van der Waals surface area contributed by atoms with E-state index in [1.807, 2.05) is 6.92 Å². The normalized spacial score (nSPS) is 10.1. The predicted molar refractivity (Wildman–Crippen MR) is 92.6 cm³/mol. The lowest BCUT2D eigenvalue weighted by atomic mass is 10.1. The van der Waals surface area contributed by atoms with Gasteiger partial charge in [-0.25, -0.2) is 4.79 Å². The third kappa shape index (κ3) is 4.84. The topological polar surface area (TPSA) is 64.6 Å². The van der Waals surface area contributed by atoms with Crippen LogP contribution in [0.25, 0.3) is 0 Å². The Morgan fingerprint density at radius 3 is 2.12 bits per heavy atom. The molecule has 0 aromatic heterocycles. The molecule has 0 heterocycles. The molecule has 0 saturated carbocycles. The van der Waals surface area contributed by atoms with Crippen molar-refractivity contribution in [3.8, 4) is 5.75 Å². The van der Waals surface area contributed by atoms with E-state index >= 15 is 0 Å². The molecule has 2 aromatic rings. The smallest absolute Gasteiger partial charge is 0.338 e. The molecule has 1 N–H and O–H groups in total. The van der Waals surface area contributed by atoms with E-state index < -0.39 is 0 Å². The molecule has 5 heteroatoms. The second kappa shape index (κ2) is 8.72. The molecule has 0 aliphatic carbocycles. The van der Waals surface area contributed by atoms with Crippen LogP contribution in [0.2, 0.25) is 0 Å². The molecule has 0 bridgehead atoms. The van der Waals surface area contributed by atoms with Crippen molar-refractivity contribution >= 4 is 17.6 Å². The summed E-state index contributed by atoms with van der Waals surface area (Å²) in [6.07, 6.45) is 0.935. The molecule has 5 nitrogen and oxygen atoms in total. The zero-order valence-electron chi connectivity index (χ0n) is 13.9.